The number of hydrogen-bond donors (Lipinski definition) is 1. The van der Waals surface area contributed by atoms with Crippen molar-refractivity contribution in [1.82, 2.24) is 15.0 Å². The summed E-state index contributed by atoms with van der Waals surface area (Å²) in [5, 5.41) is 0.269. The van der Waals surface area contributed by atoms with Crippen molar-refractivity contribution in [3.05, 3.63) is 69.9 Å². The SMILES string of the molecule is COc1c(C)cnc(CN(CCc2ccc(F)cc2)c2cc(Cl)nc(N)n2)c1C. The van der Waals surface area contributed by atoms with Crippen LogP contribution in [0, 0.1) is 19.7 Å². The third-order valence-electron chi connectivity index (χ3n) is 4.70. The third-order valence-corrected chi connectivity index (χ3v) is 4.89. The molecule has 3 aromatic rings. The average molecular weight is 416 g/mol. The molecule has 0 aliphatic heterocycles. The fraction of sp³-hybridized carbons (Fsp3) is 0.286. The monoisotopic (exact) mass is 415 g/mol. The van der Waals surface area contributed by atoms with Gasteiger partial charge in [-0.2, -0.15) is 4.98 Å². The smallest absolute Gasteiger partial charge is 0.223 e. The van der Waals surface area contributed by atoms with Gasteiger partial charge in [0.2, 0.25) is 5.95 Å². The zero-order valence-corrected chi connectivity index (χ0v) is 17.4. The van der Waals surface area contributed by atoms with Crippen molar-refractivity contribution in [3.8, 4) is 5.75 Å². The van der Waals surface area contributed by atoms with E-state index in [0.29, 0.717) is 25.3 Å². The standard InChI is InChI=1S/C21H23ClFN5O/c1-13-11-25-17(14(2)20(13)29-3)12-28(19-10-18(22)26-21(24)27-19)9-8-15-4-6-16(23)7-5-15/h4-7,10-11H,8-9,12H2,1-3H3,(H2,24,26,27). The summed E-state index contributed by atoms with van der Waals surface area (Å²) in [6.07, 6.45) is 2.48. The number of anilines is 2. The zero-order chi connectivity index (χ0) is 21.0. The maximum Gasteiger partial charge on any atom is 0.223 e. The second-order valence-corrected chi connectivity index (χ2v) is 7.14. The summed E-state index contributed by atoms with van der Waals surface area (Å²) in [6.45, 7) is 5.03. The molecule has 29 heavy (non-hydrogen) atoms. The molecule has 0 spiro atoms. The lowest BCUT2D eigenvalue weighted by Crippen LogP contribution is -2.27. The van der Waals surface area contributed by atoms with Gasteiger partial charge < -0.3 is 15.4 Å². The summed E-state index contributed by atoms with van der Waals surface area (Å²) in [7, 11) is 1.65. The Balaban J connectivity index is 1.91. The van der Waals surface area contributed by atoms with Crippen LogP contribution < -0.4 is 15.4 Å². The van der Waals surface area contributed by atoms with Gasteiger partial charge in [0.05, 0.1) is 19.3 Å². The van der Waals surface area contributed by atoms with Crippen LogP contribution in [0.5, 0.6) is 5.75 Å². The molecule has 0 saturated carbocycles. The number of halogens is 2. The van der Waals surface area contributed by atoms with Crippen LogP contribution in [-0.4, -0.2) is 28.6 Å². The normalized spacial score (nSPS) is 10.8. The molecule has 2 heterocycles. The lowest BCUT2D eigenvalue weighted by Gasteiger charge is -2.25. The number of aromatic nitrogens is 3. The molecular weight excluding hydrogens is 393 g/mol. The summed E-state index contributed by atoms with van der Waals surface area (Å²) >= 11 is 6.10. The maximum absolute atomic E-state index is 13.2. The van der Waals surface area contributed by atoms with Crippen LogP contribution in [0.4, 0.5) is 16.2 Å². The summed E-state index contributed by atoms with van der Waals surface area (Å²) in [5.41, 5.74) is 9.61. The van der Waals surface area contributed by atoms with Gasteiger partial charge in [-0.1, -0.05) is 23.7 Å². The van der Waals surface area contributed by atoms with E-state index in [9.17, 15) is 4.39 Å². The molecule has 0 aliphatic carbocycles. The lowest BCUT2D eigenvalue weighted by molar-refractivity contribution is 0.406. The molecule has 6 nitrogen and oxygen atoms in total. The first kappa shape index (κ1) is 20.8. The quantitative estimate of drug-likeness (QED) is 0.585. The predicted molar refractivity (Wildman–Crippen MR) is 113 cm³/mol. The van der Waals surface area contributed by atoms with Crippen molar-refractivity contribution in [2.45, 2.75) is 26.8 Å². The first-order valence-electron chi connectivity index (χ1n) is 9.16. The Morgan fingerprint density at radius 3 is 2.55 bits per heavy atom. The molecule has 8 heteroatoms. The van der Waals surface area contributed by atoms with Crippen LogP contribution in [0.15, 0.2) is 36.5 Å². The van der Waals surface area contributed by atoms with E-state index >= 15 is 0 Å². The van der Waals surface area contributed by atoms with Crippen LogP contribution >= 0.6 is 11.6 Å². The van der Waals surface area contributed by atoms with E-state index in [1.54, 1.807) is 31.5 Å². The van der Waals surface area contributed by atoms with Gasteiger partial charge in [0, 0.05) is 29.9 Å². The van der Waals surface area contributed by atoms with Crippen molar-refractivity contribution in [2.75, 3.05) is 24.3 Å². The number of aryl methyl sites for hydroxylation is 1. The number of nitrogens with two attached hydrogens (primary N) is 1. The van der Waals surface area contributed by atoms with E-state index < -0.39 is 0 Å². The highest BCUT2D eigenvalue weighted by Gasteiger charge is 2.16. The van der Waals surface area contributed by atoms with Crippen LogP contribution in [0.1, 0.15) is 22.4 Å². The van der Waals surface area contributed by atoms with E-state index in [4.69, 9.17) is 22.1 Å². The molecule has 0 aliphatic rings. The van der Waals surface area contributed by atoms with Gasteiger partial charge in [-0.25, -0.2) is 9.37 Å². The van der Waals surface area contributed by atoms with Crippen molar-refractivity contribution in [3.63, 3.8) is 0 Å². The molecule has 0 atom stereocenters. The van der Waals surface area contributed by atoms with Gasteiger partial charge in [-0.05, 0) is 38.0 Å². The highest BCUT2D eigenvalue weighted by Crippen LogP contribution is 2.26. The Kier molecular flexibility index (Phi) is 6.49. The number of methoxy groups -OCH3 is 1. The van der Waals surface area contributed by atoms with Crippen LogP contribution in [0.25, 0.3) is 0 Å². The Morgan fingerprint density at radius 2 is 1.90 bits per heavy atom. The van der Waals surface area contributed by atoms with Crippen molar-refractivity contribution < 1.29 is 9.13 Å². The van der Waals surface area contributed by atoms with Gasteiger partial charge in [-0.15, -0.1) is 0 Å². The first-order valence-corrected chi connectivity index (χ1v) is 9.53. The number of hydrogen-bond acceptors (Lipinski definition) is 6. The predicted octanol–water partition coefficient (Wildman–Crippen LogP) is 4.12. The lowest BCUT2D eigenvalue weighted by atomic mass is 10.1. The summed E-state index contributed by atoms with van der Waals surface area (Å²) < 4.78 is 18.7. The minimum Gasteiger partial charge on any atom is -0.496 e. The molecule has 2 aromatic heterocycles. The second kappa shape index (κ2) is 9.05. The minimum atomic E-state index is -0.257. The Bertz CT molecular complexity index is 977. The van der Waals surface area contributed by atoms with Crippen LogP contribution in [0.3, 0.4) is 0 Å². The van der Waals surface area contributed by atoms with Gasteiger partial charge in [0.1, 0.15) is 22.5 Å². The Hall–Kier alpha value is -2.93. The number of rotatable bonds is 7. The number of pyridine rings is 1. The number of benzene rings is 1. The summed E-state index contributed by atoms with van der Waals surface area (Å²) in [4.78, 5) is 14.9. The van der Waals surface area contributed by atoms with Crippen molar-refractivity contribution in [2.24, 2.45) is 0 Å². The second-order valence-electron chi connectivity index (χ2n) is 6.75. The first-order chi connectivity index (χ1) is 13.9. The number of ether oxygens (including phenoxy) is 1. The van der Waals surface area contributed by atoms with E-state index in [2.05, 4.69) is 15.0 Å². The molecule has 0 saturated heterocycles. The topological polar surface area (TPSA) is 77.2 Å². The van der Waals surface area contributed by atoms with E-state index in [0.717, 1.165) is 28.1 Å². The maximum atomic E-state index is 13.2. The van der Waals surface area contributed by atoms with Crippen molar-refractivity contribution in [1.29, 1.82) is 0 Å². The molecule has 0 bridgehead atoms. The largest absolute Gasteiger partial charge is 0.496 e. The van der Waals surface area contributed by atoms with Gasteiger partial charge in [0.25, 0.3) is 0 Å². The summed E-state index contributed by atoms with van der Waals surface area (Å²) in [6, 6.07) is 8.12. The minimum absolute atomic E-state index is 0.102. The molecule has 0 amide bonds. The molecular formula is C21H23ClFN5O. The van der Waals surface area contributed by atoms with Gasteiger partial charge in [-0.3, -0.25) is 4.98 Å². The Labute approximate surface area is 174 Å². The zero-order valence-electron chi connectivity index (χ0n) is 16.6. The van der Waals surface area contributed by atoms with Gasteiger partial charge in [0.15, 0.2) is 0 Å². The molecule has 152 valence electrons. The summed E-state index contributed by atoms with van der Waals surface area (Å²) in [5.74, 6) is 1.26. The van der Waals surface area contributed by atoms with E-state index in [1.165, 1.54) is 12.1 Å². The fourth-order valence-corrected chi connectivity index (χ4v) is 3.37. The third kappa shape index (κ3) is 5.12. The molecule has 0 radical (unpaired) electrons. The number of nitrogen functional groups attached to an aromatic ring is 1. The number of nitrogens with zero attached hydrogens (tertiary/aromatic N) is 4. The molecule has 3 rings (SSSR count). The molecule has 0 unspecified atom stereocenters. The van der Waals surface area contributed by atoms with Crippen LogP contribution in [0.2, 0.25) is 5.15 Å². The molecule has 0 fully saturated rings. The average Bonchev–Trinajstić information content (AvgIpc) is 2.67. The molecule has 1 aromatic carbocycles. The van der Waals surface area contributed by atoms with E-state index in [-0.39, 0.29) is 16.9 Å². The highest BCUT2D eigenvalue weighted by atomic mass is 35.5. The fourth-order valence-electron chi connectivity index (χ4n) is 3.19. The van der Waals surface area contributed by atoms with Crippen LogP contribution in [-0.2, 0) is 13.0 Å². The molecule has 2 N–H and O–H groups in total. The van der Waals surface area contributed by atoms with E-state index in [1.807, 2.05) is 18.7 Å². The Morgan fingerprint density at radius 1 is 1.17 bits per heavy atom. The van der Waals surface area contributed by atoms with Gasteiger partial charge >= 0.3 is 0 Å². The highest BCUT2D eigenvalue weighted by molar-refractivity contribution is 6.29. The van der Waals surface area contributed by atoms with Crippen molar-refractivity contribution >= 4 is 23.4 Å².